The van der Waals surface area contributed by atoms with E-state index in [4.69, 9.17) is 4.74 Å². The molecule has 9 nitrogen and oxygen atoms in total. The number of anilines is 3. The Morgan fingerprint density at radius 3 is 2.64 bits per heavy atom. The van der Waals surface area contributed by atoms with Gasteiger partial charge in [0.2, 0.25) is 0 Å². The third kappa shape index (κ3) is 5.41. The summed E-state index contributed by atoms with van der Waals surface area (Å²) in [5.74, 6) is 7.07. The Kier molecular flexibility index (Phi) is 6.42. The van der Waals surface area contributed by atoms with Crippen LogP contribution in [-0.2, 0) is 4.79 Å². The number of rotatable bonds is 6. The summed E-state index contributed by atoms with van der Waals surface area (Å²) in [5, 5.41) is 6.89. The number of fused-ring (bicyclic) bond motifs is 2. The van der Waals surface area contributed by atoms with Crippen LogP contribution in [-0.4, -0.2) is 50.8 Å². The van der Waals surface area contributed by atoms with E-state index < -0.39 is 0 Å². The molecule has 0 saturated heterocycles. The Bertz CT molecular complexity index is 1600. The predicted molar refractivity (Wildman–Crippen MR) is 139 cm³/mol. The highest BCUT2D eigenvalue weighted by atomic mass is 16.5. The van der Waals surface area contributed by atoms with Crippen molar-refractivity contribution in [3.8, 4) is 23.3 Å². The van der Waals surface area contributed by atoms with Crippen LogP contribution in [0.2, 0.25) is 0 Å². The van der Waals surface area contributed by atoms with Gasteiger partial charge in [-0.15, -0.1) is 0 Å². The first-order valence-corrected chi connectivity index (χ1v) is 11.2. The highest BCUT2D eigenvalue weighted by molar-refractivity contribution is 6.05. The van der Waals surface area contributed by atoms with Crippen LogP contribution >= 0.6 is 0 Å². The molecule has 0 aliphatic carbocycles. The SMILES string of the molecule is CN(C)CC#CC(=O)Nc1ccc2ncnc(Nc3ccc(Oc4ccn5ccnc5c4)cc3)c2c1. The number of hydrogen-bond donors (Lipinski definition) is 2. The summed E-state index contributed by atoms with van der Waals surface area (Å²) in [6.07, 6.45) is 7.03. The van der Waals surface area contributed by atoms with Crippen molar-refractivity contribution in [1.29, 1.82) is 0 Å². The molecule has 3 heterocycles. The molecule has 178 valence electrons. The minimum atomic E-state index is -0.370. The van der Waals surface area contributed by atoms with Gasteiger partial charge in [-0.1, -0.05) is 5.92 Å². The molecule has 0 aliphatic rings. The van der Waals surface area contributed by atoms with Crippen molar-refractivity contribution in [3.63, 3.8) is 0 Å². The van der Waals surface area contributed by atoms with Crippen LogP contribution < -0.4 is 15.4 Å². The van der Waals surface area contributed by atoms with Crippen LogP contribution in [0.15, 0.2) is 79.5 Å². The van der Waals surface area contributed by atoms with Crippen LogP contribution in [0.1, 0.15) is 0 Å². The minimum absolute atomic E-state index is 0.370. The summed E-state index contributed by atoms with van der Waals surface area (Å²) in [6, 6.07) is 16.8. The van der Waals surface area contributed by atoms with Crippen molar-refractivity contribution in [2.45, 2.75) is 0 Å². The van der Waals surface area contributed by atoms with E-state index in [0.717, 1.165) is 22.2 Å². The lowest BCUT2D eigenvalue weighted by molar-refractivity contribution is -0.111. The van der Waals surface area contributed by atoms with E-state index in [1.165, 1.54) is 6.33 Å². The fourth-order valence-electron chi connectivity index (χ4n) is 3.51. The van der Waals surface area contributed by atoms with Crippen molar-refractivity contribution in [2.75, 3.05) is 31.3 Å². The molecule has 0 atom stereocenters. The third-order valence-corrected chi connectivity index (χ3v) is 5.21. The van der Waals surface area contributed by atoms with E-state index in [-0.39, 0.29) is 5.91 Å². The lowest BCUT2D eigenvalue weighted by atomic mass is 10.2. The molecule has 0 aliphatic heterocycles. The van der Waals surface area contributed by atoms with E-state index in [1.54, 1.807) is 12.3 Å². The van der Waals surface area contributed by atoms with Crippen LogP contribution in [0.4, 0.5) is 17.2 Å². The zero-order valence-corrected chi connectivity index (χ0v) is 19.8. The van der Waals surface area contributed by atoms with Crippen molar-refractivity contribution in [3.05, 3.63) is 79.5 Å². The highest BCUT2D eigenvalue weighted by Crippen LogP contribution is 2.28. The van der Waals surface area contributed by atoms with Crippen LogP contribution in [0, 0.1) is 11.8 Å². The minimum Gasteiger partial charge on any atom is -0.457 e. The van der Waals surface area contributed by atoms with E-state index in [1.807, 2.05) is 84.3 Å². The second-order valence-electron chi connectivity index (χ2n) is 8.25. The van der Waals surface area contributed by atoms with Gasteiger partial charge < -0.3 is 19.8 Å². The molecule has 2 N–H and O–H groups in total. The molecule has 0 unspecified atom stereocenters. The molecule has 2 aromatic carbocycles. The number of carbonyl (C=O) groups excluding carboxylic acids is 1. The lowest BCUT2D eigenvalue weighted by Crippen LogP contribution is -2.13. The fourth-order valence-corrected chi connectivity index (χ4v) is 3.51. The van der Waals surface area contributed by atoms with E-state index >= 15 is 0 Å². The summed E-state index contributed by atoms with van der Waals surface area (Å²) in [4.78, 5) is 27.0. The lowest BCUT2D eigenvalue weighted by Gasteiger charge is -2.11. The van der Waals surface area contributed by atoms with Crippen LogP contribution in [0.25, 0.3) is 16.6 Å². The highest BCUT2D eigenvalue weighted by Gasteiger charge is 2.08. The molecule has 0 fully saturated rings. The Morgan fingerprint density at radius 1 is 0.972 bits per heavy atom. The number of benzene rings is 2. The van der Waals surface area contributed by atoms with Gasteiger partial charge in [-0.3, -0.25) is 9.69 Å². The maximum atomic E-state index is 12.2. The second-order valence-corrected chi connectivity index (χ2v) is 8.25. The standard InChI is InChI=1S/C27H23N7O2/c1-33(2)13-3-4-26(35)31-20-7-10-24-23(16-20)27(30-18-29-24)32-19-5-8-21(9-6-19)36-22-11-14-34-15-12-28-25(34)17-22/h5-12,14-18H,13H2,1-2H3,(H,31,35)(H,29,30,32). The molecular weight excluding hydrogens is 454 g/mol. The first-order valence-electron chi connectivity index (χ1n) is 11.2. The normalized spacial score (nSPS) is 10.8. The monoisotopic (exact) mass is 477 g/mol. The molecule has 0 radical (unpaired) electrons. The topological polar surface area (TPSA) is 96.7 Å². The number of imidazole rings is 1. The van der Waals surface area contributed by atoms with Gasteiger partial charge >= 0.3 is 0 Å². The predicted octanol–water partition coefficient (Wildman–Crippen LogP) is 4.32. The first kappa shape index (κ1) is 22.8. The zero-order chi connectivity index (χ0) is 24.9. The molecule has 5 aromatic rings. The van der Waals surface area contributed by atoms with Crippen molar-refractivity contribution >= 4 is 39.6 Å². The maximum absolute atomic E-state index is 12.2. The summed E-state index contributed by atoms with van der Waals surface area (Å²) >= 11 is 0. The number of hydrogen-bond acceptors (Lipinski definition) is 7. The quantitative estimate of drug-likeness (QED) is 0.352. The Balaban J connectivity index is 1.30. The molecular formula is C27H23N7O2. The van der Waals surface area contributed by atoms with Crippen molar-refractivity contribution in [1.82, 2.24) is 24.3 Å². The average Bonchev–Trinajstić information content (AvgIpc) is 3.33. The van der Waals surface area contributed by atoms with Gasteiger partial charge in [-0.05, 0) is 68.5 Å². The number of carbonyl (C=O) groups is 1. The molecule has 1 amide bonds. The smallest absolute Gasteiger partial charge is 0.300 e. The van der Waals surface area contributed by atoms with Gasteiger partial charge in [0.15, 0.2) is 0 Å². The van der Waals surface area contributed by atoms with Crippen LogP contribution in [0.5, 0.6) is 11.5 Å². The molecule has 0 bridgehead atoms. The molecule has 3 aromatic heterocycles. The molecule has 5 rings (SSSR count). The maximum Gasteiger partial charge on any atom is 0.300 e. The Morgan fingerprint density at radius 2 is 1.81 bits per heavy atom. The van der Waals surface area contributed by atoms with Crippen molar-refractivity contribution in [2.24, 2.45) is 0 Å². The number of amides is 1. The number of nitrogens with one attached hydrogen (secondary N) is 2. The van der Waals surface area contributed by atoms with Gasteiger partial charge in [-0.2, -0.15) is 0 Å². The van der Waals surface area contributed by atoms with Crippen LogP contribution in [0.3, 0.4) is 0 Å². The van der Waals surface area contributed by atoms with Gasteiger partial charge in [0.1, 0.15) is 29.3 Å². The molecule has 9 heteroatoms. The largest absolute Gasteiger partial charge is 0.457 e. The van der Waals surface area contributed by atoms with Gasteiger partial charge in [-0.25, -0.2) is 15.0 Å². The molecule has 0 saturated carbocycles. The van der Waals surface area contributed by atoms with Crippen molar-refractivity contribution < 1.29 is 9.53 Å². The number of aromatic nitrogens is 4. The van der Waals surface area contributed by atoms with Gasteiger partial charge in [0.05, 0.1) is 12.1 Å². The Labute approximate surface area is 207 Å². The zero-order valence-electron chi connectivity index (χ0n) is 19.8. The van der Waals surface area contributed by atoms with Gasteiger partial charge in [0.25, 0.3) is 5.91 Å². The fraction of sp³-hybridized carbons (Fsp3) is 0.111. The van der Waals surface area contributed by atoms with E-state index in [9.17, 15) is 4.79 Å². The summed E-state index contributed by atoms with van der Waals surface area (Å²) in [7, 11) is 3.79. The average molecular weight is 478 g/mol. The Hall–Kier alpha value is -4.94. The second kappa shape index (κ2) is 10.1. The third-order valence-electron chi connectivity index (χ3n) is 5.21. The molecule has 0 spiro atoms. The van der Waals surface area contributed by atoms with E-state index in [2.05, 4.69) is 37.4 Å². The number of pyridine rings is 1. The first-order chi connectivity index (χ1) is 17.5. The van der Waals surface area contributed by atoms with Gasteiger partial charge in [0, 0.05) is 41.4 Å². The number of ether oxygens (including phenoxy) is 1. The summed E-state index contributed by atoms with van der Waals surface area (Å²) in [5.41, 5.74) is 3.01. The van der Waals surface area contributed by atoms with E-state index in [0.29, 0.717) is 29.5 Å². The summed E-state index contributed by atoms with van der Waals surface area (Å²) in [6.45, 7) is 0.510. The number of nitrogens with zero attached hydrogens (tertiary/aromatic N) is 5. The summed E-state index contributed by atoms with van der Waals surface area (Å²) < 4.78 is 7.88. The molecule has 36 heavy (non-hydrogen) atoms.